The molecule has 2 aromatic rings. The largest absolute Gasteiger partial charge is 0.489 e. The van der Waals surface area contributed by atoms with Crippen molar-refractivity contribution in [3.05, 3.63) is 65.2 Å². The fraction of sp³-hybridized carbons (Fsp3) is 0.176. The van der Waals surface area contributed by atoms with Gasteiger partial charge in [0.25, 0.3) is 5.24 Å². The van der Waals surface area contributed by atoms with Crippen LogP contribution in [0.4, 0.5) is 0 Å². The first kappa shape index (κ1) is 16.0. The minimum absolute atomic E-state index is 0.223. The lowest BCUT2D eigenvalue weighted by molar-refractivity contribution is -0.139. The van der Waals surface area contributed by atoms with E-state index in [2.05, 4.69) is 4.74 Å². The number of esters is 1. The predicted octanol–water partition coefficient (Wildman–Crippen LogP) is 3.36. The normalized spacial score (nSPS) is 10.1. The molecule has 0 saturated carbocycles. The molecule has 0 fully saturated rings. The zero-order valence-electron chi connectivity index (χ0n) is 12.0. The van der Waals surface area contributed by atoms with Gasteiger partial charge in [0, 0.05) is 11.1 Å². The van der Waals surface area contributed by atoms with Crippen molar-refractivity contribution in [2.75, 3.05) is 7.11 Å². The van der Waals surface area contributed by atoms with E-state index < -0.39 is 5.24 Å². The van der Waals surface area contributed by atoms with E-state index in [-0.39, 0.29) is 19.0 Å². The summed E-state index contributed by atoms with van der Waals surface area (Å²) in [5.41, 5.74) is 2.00. The van der Waals surface area contributed by atoms with Crippen LogP contribution in [0.3, 0.4) is 0 Å². The minimum Gasteiger partial charge on any atom is -0.489 e. The number of benzene rings is 2. The molecule has 0 aliphatic rings. The highest BCUT2D eigenvalue weighted by Crippen LogP contribution is 2.17. The molecule has 5 heteroatoms. The van der Waals surface area contributed by atoms with Crippen molar-refractivity contribution in [3.63, 3.8) is 0 Å². The number of hydrogen-bond acceptors (Lipinski definition) is 4. The molecule has 4 nitrogen and oxygen atoms in total. The van der Waals surface area contributed by atoms with Crippen molar-refractivity contribution >= 4 is 22.8 Å². The molecule has 2 rings (SSSR count). The van der Waals surface area contributed by atoms with Gasteiger partial charge in [0.05, 0.1) is 13.5 Å². The molecule has 0 N–H and O–H groups in total. The van der Waals surface area contributed by atoms with Gasteiger partial charge in [0.15, 0.2) is 0 Å². The molecule has 0 atom stereocenters. The van der Waals surface area contributed by atoms with E-state index in [9.17, 15) is 9.59 Å². The molecule has 114 valence electrons. The van der Waals surface area contributed by atoms with Crippen molar-refractivity contribution < 1.29 is 19.1 Å². The van der Waals surface area contributed by atoms with Crippen molar-refractivity contribution in [1.29, 1.82) is 0 Å². The SMILES string of the molecule is COC(=O)Cc1ccc(OCc2ccccc2C(=O)Cl)cc1. The van der Waals surface area contributed by atoms with Gasteiger partial charge < -0.3 is 9.47 Å². The van der Waals surface area contributed by atoms with Gasteiger partial charge in [-0.3, -0.25) is 9.59 Å². The number of halogens is 1. The van der Waals surface area contributed by atoms with E-state index in [1.165, 1.54) is 7.11 Å². The first-order valence-electron chi connectivity index (χ1n) is 6.66. The molecule has 0 aliphatic carbocycles. The van der Waals surface area contributed by atoms with E-state index >= 15 is 0 Å². The molecule has 0 unspecified atom stereocenters. The standard InChI is InChI=1S/C17H15ClO4/c1-21-16(19)10-12-6-8-14(9-7-12)22-11-13-4-2-3-5-15(13)17(18)20/h2-9H,10-11H2,1H3. The number of rotatable bonds is 6. The highest BCUT2D eigenvalue weighted by molar-refractivity contribution is 6.67. The molecule has 22 heavy (non-hydrogen) atoms. The summed E-state index contributed by atoms with van der Waals surface area (Å²) in [6.45, 7) is 0.241. The monoisotopic (exact) mass is 318 g/mol. The number of hydrogen-bond donors (Lipinski definition) is 0. The molecule has 0 aliphatic heterocycles. The summed E-state index contributed by atoms with van der Waals surface area (Å²) >= 11 is 5.53. The Hall–Kier alpha value is -2.33. The molecule has 0 amide bonds. The van der Waals surface area contributed by atoms with Crippen LogP contribution in [0.2, 0.25) is 0 Å². The maximum Gasteiger partial charge on any atom is 0.309 e. The van der Waals surface area contributed by atoms with E-state index in [1.807, 2.05) is 6.07 Å². The summed E-state index contributed by atoms with van der Waals surface area (Å²) in [4.78, 5) is 22.5. The second-order valence-corrected chi connectivity index (χ2v) is 4.96. The number of ether oxygens (including phenoxy) is 2. The summed E-state index contributed by atoms with van der Waals surface area (Å²) in [6, 6.07) is 14.2. The average molecular weight is 319 g/mol. The summed E-state index contributed by atoms with van der Waals surface area (Å²) < 4.78 is 10.3. The van der Waals surface area contributed by atoms with Crippen molar-refractivity contribution in [1.82, 2.24) is 0 Å². The van der Waals surface area contributed by atoms with E-state index in [4.69, 9.17) is 16.3 Å². The van der Waals surface area contributed by atoms with Gasteiger partial charge >= 0.3 is 5.97 Å². The van der Waals surface area contributed by atoms with Gasteiger partial charge in [-0.25, -0.2) is 0 Å². The fourth-order valence-corrected chi connectivity index (χ4v) is 2.13. The van der Waals surface area contributed by atoms with Crippen molar-refractivity contribution in [2.24, 2.45) is 0 Å². The Morgan fingerprint density at radius 2 is 1.73 bits per heavy atom. The molecule has 2 aromatic carbocycles. The maximum absolute atomic E-state index is 11.3. The summed E-state index contributed by atoms with van der Waals surface area (Å²) in [5.74, 6) is 0.355. The van der Waals surface area contributed by atoms with Crippen LogP contribution in [0.15, 0.2) is 48.5 Å². The third-order valence-corrected chi connectivity index (χ3v) is 3.33. The topological polar surface area (TPSA) is 52.6 Å². The minimum atomic E-state index is -0.507. The van der Waals surface area contributed by atoms with Crippen LogP contribution >= 0.6 is 11.6 Å². The Balaban J connectivity index is 2.00. The fourth-order valence-electron chi connectivity index (χ4n) is 1.94. The van der Waals surface area contributed by atoms with Crippen LogP contribution in [0.25, 0.3) is 0 Å². The molecule has 0 heterocycles. The van der Waals surface area contributed by atoms with Gasteiger partial charge in [-0.15, -0.1) is 0 Å². The van der Waals surface area contributed by atoms with Gasteiger partial charge in [-0.1, -0.05) is 30.3 Å². The Kier molecular flexibility index (Phi) is 5.55. The third kappa shape index (κ3) is 4.33. The van der Waals surface area contributed by atoms with Crippen LogP contribution in [-0.2, 0) is 22.6 Å². The first-order valence-corrected chi connectivity index (χ1v) is 7.04. The van der Waals surface area contributed by atoms with Crippen LogP contribution < -0.4 is 4.74 Å². The summed E-state index contributed by atoms with van der Waals surface area (Å²) in [6.07, 6.45) is 0.223. The quantitative estimate of drug-likeness (QED) is 0.605. The van der Waals surface area contributed by atoms with Gasteiger partial charge in [-0.2, -0.15) is 0 Å². The molecule has 0 saturated heterocycles. The van der Waals surface area contributed by atoms with Crippen LogP contribution in [-0.4, -0.2) is 18.3 Å². The molecule has 0 radical (unpaired) electrons. The van der Waals surface area contributed by atoms with Crippen molar-refractivity contribution in [3.8, 4) is 5.75 Å². The summed E-state index contributed by atoms with van der Waals surface area (Å²) in [7, 11) is 1.36. The zero-order valence-corrected chi connectivity index (χ0v) is 12.8. The van der Waals surface area contributed by atoms with Crippen LogP contribution in [0.1, 0.15) is 21.5 Å². The third-order valence-electron chi connectivity index (χ3n) is 3.12. The highest BCUT2D eigenvalue weighted by atomic mass is 35.5. The molecule has 0 bridgehead atoms. The Bertz CT molecular complexity index is 665. The second kappa shape index (κ2) is 7.61. The second-order valence-electron chi connectivity index (χ2n) is 4.62. The lowest BCUT2D eigenvalue weighted by atomic mass is 10.1. The smallest absolute Gasteiger partial charge is 0.309 e. The molecule has 0 aromatic heterocycles. The first-order chi connectivity index (χ1) is 10.6. The summed E-state index contributed by atoms with van der Waals surface area (Å²) in [5, 5.41) is -0.507. The lowest BCUT2D eigenvalue weighted by Gasteiger charge is -2.09. The average Bonchev–Trinajstić information content (AvgIpc) is 2.54. The molecular weight excluding hydrogens is 304 g/mol. The number of methoxy groups -OCH3 is 1. The van der Waals surface area contributed by atoms with Crippen molar-refractivity contribution in [2.45, 2.75) is 13.0 Å². The van der Waals surface area contributed by atoms with E-state index in [1.54, 1.807) is 42.5 Å². The van der Waals surface area contributed by atoms with E-state index in [0.29, 0.717) is 11.3 Å². The zero-order chi connectivity index (χ0) is 15.9. The Morgan fingerprint density at radius 1 is 1.05 bits per heavy atom. The molecular formula is C17H15ClO4. The van der Waals surface area contributed by atoms with Crippen LogP contribution in [0.5, 0.6) is 5.75 Å². The van der Waals surface area contributed by atoms with Gasteiger partial charge in [0.1, 0.15) is 12.4 Å². The molecule has 0 spiro atoms. The number of carbonyl (C=O) groups excluding carboxylic acids is 2. The Morgan fingerprint density at radius 3 is 2.36 bits per heavy atom. The number of carbonyl (C=O) groups is 2. The lowest BCUT2D eigenvalue weighted by Crippen LogP contribution is -2.04. The maximum atomic E-state index is 11.3. The van der Waals surface area contributed by atoms with Crippen LogP contribution in [0, 0.1) is 0 Å². The van der Waals surface area contributed by atoms with Gasteiger partial charge in [-0.05, 0) is 35.4 Å². The predicted molar refractivity (Wildman–Crippen MR) is 83.1 cm³/mol. The Labute approximate surface area is 133 Å². The highest BCUT2D eigenvalue weighted by Gasteiger charge is 2.09. The van der Waals surface area contributed by atoms with Gasteiger partial charge in [0.2, 0.25) is 0 Å². The van der Waals surface area contributed by atoms with E-state index in [0.717, 1.165) is 11.1 Å².